The van der Waals surface area contributed by atoms with Gasteiger partial charge in [-0.2, -0.15) is 5.01 Å². The van der Waals surface area contributed by atoms with Crippen molar-refractivity contribution in [2.24, 2.45) is 5.84 Å². The van der Waals surface area contributed by atoms with Crippen molar-refractivity contribution >= 4 is 0 Å². The van der Waals surface area contributed by atoms with Gasteiger partial charge < -0.3 is 0 Å². The third-order valence-corrected chi connectivity index (χ3v) is 4.73. The molecule has 19 nitrogen and oxygen atoms in total. The first-order valence-corrected chi connectivity index (χ1v) is 6.68. The highest BCUT2D eigenvalue weighted by Crippen LogP contribution is 2.46. The van der Waals surface area contributed by atoms with Crippen molar-refractivity contribution in [3.05, 3.63) is 40.5 Å². The van der Waals surface area contributed by atoms with Crippen LogP contribution in [0.1, 0.15) is 0 Å². The third-order valence-electron chi connectivity index (χ3n) is 4.73. The SMILES string of the molecule is NN1C2C3N([N+](=O)[O-])C4NC(C1N([N+](=O)[O-])C4N3[N+](=O)[O-])N2[N+](=O)[O-]. The summed E-state index contributed by atoms with van der Waals surface area (Å²) in [7, 11) is 0. The van der Waals surface area contributed by atoms with Crippen LogP contribution in [-0.4, -0.2) is 82.2 Å². The first kappa shape index (κ1) is 15.2. The van der Waals surface area contributed by atoms with E-state index in [-0.39, 0.29) is 5.01 Å². The number of rotatable bonds is 4. The summed E-state index contributed by atoms with van der Waals surface area (Å²) in [5, 5.41) is 46.4. The number of hydrogen-bond acceptors (Lipinski definition) is 11. The summed E-state index contributed by atoms with van der Waals surface area (Å²) < 4.78 is 0. The van der Waals surface area contributed by atoms with Gasteiger partial charge in [0.2, 0.25) is 6.17 Å². The van der Waals surface area contributed by atoms with E-state index in [9.17, 15) is 40.5 Å². The lowest BCUT2D eigenvalue weighted by Crippen LogP contribution is -2.75. The van der Waals surface area contributed by atoms with Crippen LogP contribution in [0.4, 0.5) is 0 Å². The quantitative estimate of drug-likeness (QED) is 0.273. The molecule has 0 aromatic carbocycles. The summed E-state index contributed by atoms with van der Waals surface area (Å²) in [4.78, 5) is 45.9. The zero-order chi connectivity index (χ0) is 18.4. The molecule has 0 amide bonds. The molecule has 0 aromatic rings. The maximum absolute atomic E-state index is 11.5. The first-order chi connectivity index (χ1) is 11.7. The van der Waals surface area contributed by atoms with Crippen molar-refractivity contribution in [1.82, 2.24) is 30.4 Å². The Morgan fingerprint density at radius 1 is 0.640 bits per heavy atom. The molecule has 3 N–H and O–H groups in total. The second-order valence-corrected chi connectivity index (χ2v) is 5.63. The molecule has 0 aliphatic carbocycles. The minimum atomic E-state index is -1.83. The van der Waals surface area contributed by atoms with Crippen LogP contribution in [0.25, 0.3) is 0 Å². The Morgan fingerprint density at radius 3 is 1.52 bits per heavy atom. The summed E-state index contributed by atoms with van der Waals surface area (Å²) in [6.45, 7) is 0. The molecule has 5 rings (SSSR count). The summed E-state index contributed by atoms with van der Waals surface area (Å²) in [5.41, 5.74) is 0. The Kier molecular flexibility index (Phi) is 2.68. The van der Waals surface area contributed by atoms with Gasteiger partial charge >= 0.3 is 0 Å². The Hall–Kier alpha value is -3.32. The van der Waals surface area contributed by atoms with E-state index in [4.69, 9.17) is 5.84 Å². The lowest BCUT2D eigenvalue weighted by molar-refractivity contribution is -0.749. The van der Waals surface area contributed by atoms with E-state index < -0.39 is 57.1 Å². The molecule has 5 saturated heterocycles. The van der Waals surface area contributed by atoms with E-state index in [0.29, 0.717) is 20.0 Å². The van der Waals surface area contributed by atoms with Crippen LogP contribution in [-0.2, 0) is 0 Å². The maximum Gasteiger partial charge on any atom is 0.262 e. The Bertz CT molecular complexity index is 702. The van der Waals surface area contributed by atoms with Gasteiger partial charge in [-0.25, -0.2) is 40.5 Å². The minimum absolute atomic E-state index is 0.250. The fourth-order valence-corrected chi connectivity index (χ4v) is 4.03. The predicted molar refractivity (Wildman–Crippen MR) is 67.2 cm³/mol. The van der Waals surface area contributed by atoms with Gasteiger partial charge in [-0.3, -0.25) is 11.2 Å². The normalized spacial score (nSPS) is 38.4. The van der Waals surface area contributed by atoms with Crippen molar-refractivity contribution in [2.75, 3.05) is 0 Å². The van der Waals surface area contributed by atoms with E-state index >= 15 is 0 Å². The zero-order valence-electron chi connectivity index (χ0n) is 11.8. The third kappa shape index (κ3) is 1.53. The van der Waals surface area contributed by atoms with Crippen LogP contribution in [0.5, 0.6) is 0 Å². The average Bonchev–Trinajstić information content (AvgIpc) is 2.87. The fraction of sp³-hybridized carbons (Fsp3) is 1.00. The van der Waals surface area contributed by atoms with Crippen LogP contribution in [0.2, 0.25) is 0 Å². The standard InChI is InChI=1S/C6H9N11O8/c7-9-3-1-8-2-4(12(3)16(22)23)13(17(24)25)6(11(2)15(20)21)5(9)10(1)14(18)19/h1-6,8H,7H2. The van der Waals surface area contributed by atoms with Gasteiger partial charge in [0.15, 0.2) is 38.6 Å². The van der Waals surface area contributed by atoms with E-state index in [2.05, 4.69) is 5.32 Å². The minimum Gasteiger partial charge on any atom is -0.264 e. The monoisotopic (exact) mass is 363 g/mol. The Balaban J connectivity index is 1.98. The smallest absolute Gasteiger partial charge is 0.262 e. The fourth-order valence-electron chi connectivity index (χ4n) is 4.03. The summed E-state index contributed by atoms with van der Waals surface area (Å²) in [6.07, 6.45) is -9.54. The number of nitro groups is 4. The average molecular weight is 363 g/mol. The molecule has 0 saturated carbocycles. The lowest BCUT2D eigenvalue weighted by Gasteiger charge is -2.39. The van der Waals surface area contributed by atoms with Gasteiger partial charge in [0.25, 0.3) is 12.3 Å². The Labute approximate surface area is 135 Å². The molecule has 0 spiro atoms. The molecule has 0 radical (unpaired) electrons. The molecule has 25 heavy (non-hydrogen) atoms. The van der Waals surface area contributed by atoms with Gasteiger partial charge in [0.05, 0.1) is 0 Å². The molecular formula is C6H9N11O8. The molecule has 5 heterocycles. The molecular weight excluding hydrogens is 354 g/mol. The molecule has 5 fully saturated rings. The van der Waals surface area contributed by atoms with Crippen LogP contribution < -0.4 is 11.2 Å². The molecule has 6 unspecified atom stereocenters. The summed E-state index contributed by atoms with van der Waals surface area (Å²) in [6, 6.07) is 0. The number of nitrogens with two attached hydrogens (primary N) is 1. The van der Waals surface area contributed by atoms with E-state index in [1.807, 2.05) is 0 Å². The molecule has 6 atom stereocenters. The highest BCUT2D eigenvalue weighted by molar-refractivity contribution is 5.09. The van der Waals surface area contributed by atoms with Crippen LogP contribution in [0.15, 0.2) is 0 Å². The number of hydrogen-bond donors (Lipinski definition) is 2. The topological polar surface area (TPSA) is 227 Å². The molecule has 6 bridgehead atoms. The highest BCUT2D eigenvalue weighted by atomic mass is 16.7. The number of piperazine rings is 1. The van der Waals surface area contributed by atoms with Gasteiger partial charge in [-0.15, -0.1) is 0 Å². The number of hydrazine groups is 5. The number of nitrogens with one attached hydrogen (secondary N) is 1. The second kappa shape index (κ2) is 4.40. The lowest BCUT2D eigenvalue weighted by atomic mass is 10.2. The molecule has 5 aliphatic heterocycles. The van der Waals surface area contributed by atoms with E-state index in [1.54, 1.807) is 0 Å². The highest BCUT2D eigenvalue weighted by Gasteiger charge is 2.81. The van der Waals surface area contributed by atoms with E-state index in [0.717, 1.165) is 0 Å². The van der Waals surface area contributed by atoms with Crippen molar-refractivity contribution in [1.29, 1.82) is 0 Å². The first-order valence-electron chi connectivity index (χ1n) is 6.68. The molecule has 0 aromatic heterocycles. The van der Waals surface area contributed by atoms with Crippen LogP contribution in [0.3, 0.4) is 0 Å². The van der Waals surface area contributed by atoms with Gasteiger partial charge in [0, 0.05) is 0 Å². The molecule has 19 heteroatoms. The van der Waals surface area contributed by atoms with Crippen LogP contribution in [0, 0.1) is 40.5 Å². The van der Waals surface area contributed by atoms with Gasteiger partial charge in [0.1, 0.15) is 0 Å². The summed E-state index contributed by atoms with van der Waals surface area (Å²) >= 11 is 0. The molecule has 5 aliphatic rings. The molecule has 136 valence electrons. The summed E-state index contributed by atoms with van der Waals surface area (Å²) in [5.74, 6) is 5.77. The van der Waals surface area contributed by atoms with Gasteiger partial charge in [-0.1, -0.05) is 20.0 Å². The van der Waals surface area contributed by atoms with Crippen molar-refractivity contribution in [3.8, 4) is 0 Å². The predicted octanol–water partition coefficient (Wildman–Crippen LogP) is -4.26. The van der Waals surface area contributed by atoms with Crippen molar-refractivity contribution in [2.45, 2.75) is 37.0 Å². The second-order valence-electron chi connectivity index (χ2n) is 5.63. The largest absolute Gasteiger partial charge is 0.264 e. The van der Waals surface area contributed by atoms with Crippen molar-refractivity contribution in [3.63, 3.8) is 0 Å². The van der Waals surface area contributed by atoms with Crippen LogP contribution >= 0.6 is 0 Å². The zero-order valence-corrected chi connectivity index (χ0v) is 11.8. The maximum atomic E-state index is 11.5. The van der Waals surface area contributed by atoms with E-state index in [1.165, 1.54) is 0 Å². The number of nitrogens with zero attached hydrogens (tertiary/aromatic N) is 9. The van der Waals surface area contributed by atoms with Gasteiger partial charge in [-0.05, 0) is 0 Å². The Morgan fingerprint density at radius 2 is 1.04 bits per heavy atom. The van der Waals surface area contributed by atoms with Crippen molar-refractivity contribution < 1.29 is 20.1 Å².